The Hall–Kier alpha value is -2.53. The van der Waals surface area contributed by atoms with Gasteiger partial charge in [-0.15, -0.1) is 0 Å². The fourth-order valence-corrected chi connectivity index (χ4v) is 2.82. The molecule has 130 valence electrons. The molecule has 5 heteroatoms. The summed E-state index contributed by atoms with van der Waals surface area (Å²) < 4.78 is 14.5. The van der Waals surface area contributed by atoms with Crippen LogP contribution < -0.4 is 4.90 Å². The van der Waals surface area contributed by atoms with Crippen LogP contribution in [0.1, 0.15) is 25.8 Å². The Labute approximate surface area is 147 Å². The van der Waals surface area contributed by atoms with E-state index in [0.29, 0.717) is 36.2 Å². The summed E-state index contributed by atoms with van der Waals surface area (Å²) in [5, 5.41) is 11.0. The number of fused-ring (bicyclic) bond motifs is 1. The molecule has 0 saturated heterocycles. The molecule has 0 radical (unpaired) electrons. The minimum atomic E-state index is -0.905. The first-order valence-electron chi connectivity index (χ1n) is 8.40. The second-order valence-corrected chi connectivity index (χ2v) is 6.52. The van der Waals surface area contributed by atoms with Crippen LogP contribution in [0.3, 0.4) is 0 Å². The molecule has 0 saturated carbocycles. The molecule has 0 unspecified atom stereocenters. The Balaban J connectivity index is 2.08. The number of rotatable bonds is 6. The van der Waals surface area contributed by atoms with Gasteiger partial charge in [0.25, 0.3) is 0 Å². The van der Waals surface area contributed by atoms with E-state index in [-0.39, 0.29) is 5.82 Å². The van der Waals surface area contributed by atoms with E-state index >= 15 is 0 Å². The summed E-state index contributed by atoms with van der Waals surface area (Å²) in [5.74, 6) is 0.142. The zero-order valence-corrected chi connectivity index (χ0v) is 14.5. The van der Waals surface area contributed by atoms with Gasteiger partial charge in [0.1, 0.15) is 18.0 Å². The predicted octanol–water partition coefficient (Wildman–Crippen LogP) is 3.94. The molecular formula is C20H22FN3O. The zero-order chi connectivity index (χ0) is 17.9. The van der Waals surface area contributed by atoms with E-state index < -0.39 is 5.60 Å². The van der Waals surface area contributed by atoms with Gasteiger partial charge in [-0.25, -0.2) is 14.4 Å². The van der Waals surface area contributed by atoms with Crippen molar-refractivity contribution in [3.8, 4) is 0 Å². The van der Waals surface area contributed by atoms with Crippen LogP contribution in [0.25, 0.3) is 10.9 Å². The lowest BCUT2D eigenvalue weighted by Crippen LogP contribution is -2.40. The molecule has 0 fully saturated rings. The van der Waals surface area contributed by atoms with Crippen molar-refractivity contribution < 1.29 is 9.50 Å². The average Bonchev–Trinajstić information content (AvgIpc) is 2.62. The van der Waals surface area contributed by atoms with Gasteiger partial charge >= 0.3 is 0 Å². The highest BCUT2D eigenvalue weighted by Gasteiger charge is 2.25. The summed E-state index contributed by atoms with van der Waals surface area (Å²) in [6.07, 6.45) is 2.03. The molecule has 25 heavy (non-hydrogen) atoms. The van der Waals surface area contributed by atoms with E-state index in [1.54, 1.807) is 19.1 Å². The number of benzene rings is 2. The lowest BCUT2D eigenvalue weighted by molar-refractivity contribution is 0.0625. The molecule has 1 heterocycles. The molecule has 0 amide bonds. The Morgan fingerprint density at radius 3 is 2.56 bits per heavy atom. The number of halogens is 1. The molecule has 0 bridgehead atoms. The van der Waals surface area contributed by atoms with Crippen molar-refractivity contribution >= 4 is 16.7 Å². The van der Waals surface area contributed by atoms with Crippen molar-refractivity contribution in [2.45, 2.75) is 32.4 Å². The van der Waals surface area contributed by atoms with Gasteiger partial charge in [-0.1, -0.05) is 43.3 Å². The number of nitrogens with zero attached hydrogens (tertiary/aromatic N) is 3. The molecule has 0 spiro atoms. The molecule has 2 aromatic carbocycles. The Morgan fingerprint density at radius 1 is 1.08 bits per heavy atom. The Bertz CT molecular complexity index is 847. The third-order valence-corrected chi connectivity index (χ3v) is 4.40. The van der Waals surface area contributed by atoms with Gasteiger partial charge in [0.05, 0.1) is 16.5 Å². The summed E-state index contributed by atoms with van der Waals surface area (Å²) in [6, 6.07) is 14.7. The normalized spacial score (nSPS) is 13.6. The van der Waals surface area contributed by atoms with Crippen LogP contribution in [0.15, 0.2) is 54.9 Å². The van der Waals surface area contributed by atoms with E-state index in [9.17, 15) is 9.50 Å². The molecule has 0 aliphatic rings. The van der Waals surface area contributed by atoms with E-state index in [1.807, 2.05) is 42.2 Å². The summed E-state index contributed by atoms with van der Waals surface area (Å²) in [6.45, 7) is 4.58. The van der Waals surface area contributed by atoms with E-state index in [2.05, 4.69) is 9.97 Å². The molecule has 3 rings (SSSR count). The monoisotopic (exact) mass is 339 g/mol. The summed E-state index contributed by atoms with van der Waals surface area (Å²) in [4.78, 5) is 10.4. The van der Waals surface area contributed by atoms with Crippen LogP contribution in [-0.2, 0) is 6.54 Å². The largest absolute Gasteiger partial charge is 0.388 e. The van der Waals surface area contributed by atoms with Crippen LogP contribution in [0.2, 0.25) is 0 Å². The standard InChI is InChI=1S/C20H22FN3O/c1-3-20(2,25)13-24(12-15-8-5-4-6-9-15)19-18-16(21)10-7-11-17(18)22-14-23-19/h4-11,14,25H,3,12-13H2,1-2H3/t20-/m0/s1. The number of aliphatic hydroxyl groups is 1. The second kappa shape index (κ2) is 7.15. The highest BCUT2D eigenvalue weighted by Crippen LogP contribution is 2.28. The van der Waals surface area contributed by atoms with Gasteiger partial charge in [0, 0.05) is 13.1 Å². The first kappa shape index (κ1) is 17.3. The van der Waals surface area contributed by atoms with Crippen LogP contribution in [0, 0.1) is 5.82 Å². The summed E-state index contributed by atoms with van der Waals surface area (Å²) in [5.41, 5.74) is 0.717. The lowest BCUT2D eigenvalue weighted by Gasteiger charge is -2.32. The molecule has 0 aliphatic heterocycles. The van der Waals surface area contributed by atoms with Crippen LogP contribution in [0.5, 0.6) is 0 Å². The van der Waals surface area contributed by atoms with Gasteiger partial charge in [-0.2, -0.15) is 0 Å². The van der Waals surface area contributed by atoms with Gasteiger partial charge in [0.2, 0.25) is 0 Å². The van der Waals surface area contributed by atoms with Crippen molar-refractivity contribution in [3.63, 3.8) is 0 Å². The quantitative estimate of drug-likeness (QED) is 0.739. The minimum absolute atomic E-state index is 0.346. The molecule has 1 aromatic heterocycles. The average molecular weight is 339 g/mol. The lowest BCUT2D eigenvalue weighted by atomic mass is 10.0. The van der Waals surface area contributed by atoms with Gasteiger partial charge in [-0.05, 0) is 31.0 Å². The highest BCUT2D eigenvalue weighted by atomic mass is 19.1. The smallest absolute Gasteiger partial charge is 0.143 e. The fourth-order valence-electron chi connectivity index (χ4n) is 2.82. The van der Waals surface area contributed by atoms with Crippen molar-refractivity contribution in [1.82, 2.24) is 9.97 Å². The number of hydrogen-bond acceptors (Lipinski definition) is 4. The molecule has 3 aromatic rings. The van der Waals surface area contributed by atoms with E-state index in [1.165, 1.54) is 12.4 Å². The first-order valence-corrected chi connectivity index (χ1v) is 8.40. The maximum atomic E-state index is 14.5. The number of anilines is 1. The molecular weight excluding hydrogens is 317 g/mol. The van der Waals surface area contributed by atoms with Gasteiger partial charge in [0.15, 0.2) is 0 Å². The third kappa shape index (κ3) is 3.94. The number of hydrogen-bond donors (Lipinski definition) is 1. The Morgan fingerprint density at radius 2 is 1.84 bits per heavy atom. The minimum Gasteiger partial charge on any atom is -0.388 e. The third-order valence-electron chi connectivity index (χ3n) is 4.40. The molecule has 0 aliphatic carbocycles. The molecule has 4 nitrogen and oxygen atoms in total. The zero-order valence-electron chi connectivity index (χ0n) is 14.5. The van der Waals surface area contributed by atoms with Crippen molar-refractivity contribution in [2.75, 3.05) is 11.4 Å². The predicted molar refractivity (Wildman–Crippen MR) is 97.9 cm³/mol. The first-order chi connectivity index (χ1) is 12.0. The SMILES string of the molecule is CC[C@](C)(O)CN(Cc1ccccc1)c1ncnc2cccc(F)c12. The number of aromatic nitrogens is 2. The van der Waals surface area contributed by atoms with E-state index in [0.717, 1.165) is 5.56 Å². The molecule has 1 atom stereocenters. The molecule has 1 N–H and O–H groups in total. The second-order valence-electron chi connectivity index (χ2n) is 6.52. The summed E-state index contributed by atoms with van der Waals surface area (Å²) in [7, 11) is 0. The van der Waals surface area contributed by atoms with Gasteiger partial charge in [-0.3, -0.25) is 0 Å². The van der Waals surface area contributed by atoms with Crippen molar-refractivity contribution in [1.29, 1.82) is 0 Å². The van der Waals surface area contributed by atoms with Crippen LogP contribution in [-0.4, -0.2) is 27.2 Å². The summed E-state index contributed by atoms with van der Waals surface area (Å²) >= 11 is 0. The topological polar surface area (TPSA) is 49.2 Å². The maximum absolute atomic E-state index is 14.5. The van der Waals surface area contributed by atoms with Gasteiger partial charge < -0.3 is 10.0 Å². The van der Waals surface area contributed by atoms with Crippen LogP contribution in [0.4, 0.5) is 10.2 Å². The van der Waals surface area contributed by atoms with Crippen LogP contribution >= 0.6 is 0 Å². The Kier molecular flexibility index (Phi) is 4.95. The fraction of sp³-hybridized carbons (Fsp3) is 0.300. The highest BCUT2D eigenvalue weighted by molar-refractivity contribution is 5.89. The van der Waals surface area contributed by atoms with E-state index in [4.69, 9.17) is 0 Å². The maximum Gasteiger partial charge on any atom is 0.143 e. The van der Waals surface area contributed by atoms with Crippen molar-refractivity contribution in [3.05, 3.63) is 66.2 Å². The van der Waals surface area contributed by atoms with Crippen molar-refractivity contribution in [2.24, 2.45) is 0 Å².